The summed E-state index contributed by atoms with van der Waals surface area (Å²) in [6.45, 7) is 4.37. The van der Waals surface area contributed by atoms with Crippen LogP contribution in [0.2, 0.25) is 0 Å². The number of hydrogen-bond donors (Lipinski definition) is 3. The summed E-state index contributed by atoms with van der Waals surface area (Å²) in [4.78, 5) is 20.4. The number of amides is 1. The molecule has 2 rings (SSSR count). The standard InChI is InChI=1S/C16H21N5O2/c1-3-4-9-23-12-8-6-5-7-11(12)14-13(15(22)21-18)10(2)19-16(17)20-14/h5-8H,3-4,9,18H2,1-2H3,(H,21,22)(H2,17,19,20). The average Bonchev–Trinajstić information content (AvgIpc) is 2.54. The highest BCUT2D eigenvalue weighted by Crippen LogP contribution is 2.32. The van der Waals surface area contributed by atoms with Crippen LogP contribution in [0.25, 0.3) is 11.3 Å². The van der Waals surface area contributed by atoms with Crippen molar-refractivity contribution in [3.05, 3.63) is 35.5 Å². The Labute approximate surface area is 135 Å². The third kappa shape index (κ3) is 3.75. The summed E-state index contributed by atoms with van der Waals surface area (Å²) in [7, 11) is 0. The first-order valence-corrected chi connectivity index (χ1v) is 7.45. The first kappa shape index (κ1) is 16.7. The maximum absolute atomic E-state index is 12.1. The van der Waals surface area contributed by atoms with E-state index < -0.39 is 5.91 Å². The van der Waals surface area contributed by atoms with E-state index in [2.05, 4.69) is 22.3 Å². The molecule has 1 aromatic heterocycles. The van der Waals surface area contributed by atoms with Crippen LogP contribution >= 0.6 is 0 Å². The van der Waals surface area contributed by atoms with E-state index in [4.69, 9.17) is 16.3 Å². The highest BCUT2D eigenvalue weighted by atomic mass is 16.5. The molecule has 1 aromatic carbocycles. The fraction of sp³-hybridized carbons (Fsp3) is 0.312. The van der Waals surface area contributed by atoms with Crippen molar-refractivity contribution in [2.75, 3.05) is 12.3 Å². The van der Waals surface area contributed by atoms with Gasteiger partial charge in [0.15, 0.2) is 0 Å². The van der Waals surface area contributed by atoms with Gasteiger partial charge in [-0.05, 0) is 25.5 Å². The van der Waals surface area contributed by atoms with Crippen molar-refractivity contribution in [3.63, 3.8) is 0 Å². The van der Waals surface area contributed by atoms with E-state index >= 15 is 0 Å². The van der Waals surface area contributed by atoms with Gasteiger partial charge in [-0.1, -0.05) is 25.5 Å². The van der Waals surface area contributed by atoms with Gasteiger partial charge in [-0.25, -0.2) is 15.8 Å². The van der Waals surface area contributed by atoms with Gasteiger partial charge in [-0.15, -0.1) is 0 Å². The molecule has 7 heteroatoms. The van der Waals surface area contributed by atoms with Crippen LogP contribution in [0.4, 0.5) is 5.95 Å². The topological polar surface area (TPSA) is 116 Å². The summed E-state index contributed by atoms with van der Waals surface area (Å²) in [6.07, 6.45) is 1.97. The molecular formula is C16H21N5O2. The van der Waals surface area contributed by atoms with Crippen molar-refractivity contribution in [2.24, 2.45) is 5.84 Å². The number of nitrogens with two attached hydrogens (primary N) is 2. The van der Waals surface area contributed by atoms with Crippen LogP contribution in [0.5, 0.6) is 5.75 Å². The molecule has 2 aromatic rings. The Morgan fingerprint density at radius 2 is 2.04 bits per heavy atom. The lowest BCUT2D eigenvalue weighted by molar-refractivity contribution is 0.0953. The monoisotopic (exact) mass is 315 g/mol. The number of carbonyl (C=O) groups is 1. The Morgan fingerprint density at radius 1 is 1.30 bits per heavy atom. The molecule has 5 N–H and O–H groups in total. The van der Waals surface area contributed by atoms with Crippen molar-refractivity contribution in [2.45, 2.75) is 26.7 Å². The van der Waals surface area contributed by atoms with Gasteiger partial charge in [0.25, 0.3) is 5.91 Å². The number of nitrogens with one attached hydrogen (secondary N) is 1. The number of nitrogens with zero attached hydrogens (tertiary/aromatic N) is 2. The van der Waals surface area contributed by atoms with Crippen LogP contribution in [-0.2, 0) is 0 Å². The molecule has 23 heavy (non-hydrogen) atoms. The van der Waals surface area contributed by atoms with Crippen LogP contribution < -0.4 is 21.7 Å². The van der Waals surface area contributed by atoms with Crippen molar-refractivity contribution < 1.29 is 9.53 Å². The Morgan fingerprint density at radius 3 is 2.74 bits per heavy atom. The molecular weight excluding hydrogens is 294 g/mol. The van der Waals surface area contributed by atoms with E-state index in [1.807, 2.05) is 24.3 Å². The summed E-state index contributed by atoms with van der Waals surface area (Å²) < 4.78 is 5.82. The minimum Gasteiger partial charge on any atom is -0.493 e. The third-order valence-corrected chi connectivity index (χ3v) is 3.36. The number of benzene rings is 1. The van der Waals surface area contributed by atoms with Crippen LogP contribution in [0.3, 0.4) is 0 Å². The molecule has 7 nitrogen and oxygen atoms in total. The lowest BCUT2D eigenvalue weighted by Crippen LogP contribution is -2.31. The predicted octanol–water partition coefficient (Wildman–Crippen LogP) is 1.82. The number of ether oxygens (including phenoxy) is 1. The maximum Gasteiger partial charge on any atom is 0.269 e. The molecule has 0 spiro atoms. The molecule has 1 heterocycles. The smallest absolute Gasteiger partial charge is 0.269 e. The van der Waals surface area contributed by atoms with E-state index in [9.17, 15) is 4.79 Å². The van der Waals surface area contributed by atoms with Crippen LogP contribution in [0.1, 0.15) is 35.8 Å². The largest absolute Gasteiger partial charge is 0.493 e. The Bertz CT molecular complexity index is 703. The first-order chi connectivity index (χ1) is 11.1. The average molecular weight is 315 g/mol. The second-order valence-electron chi connectivity index (χ2n) is 5.06. The second kappa shape index (κ2) is 7.55. The van der Waals surface area contributed by atoms with E-state index in [-0.39, 0.29) is 11.5 Å². The summed E-state index contributed by atoms with van der Waals surface area (Å²) in [6, 6.07) is 7.38. The lowest BCUT2D eigenvalue weighted by Gasteiger charge is -2.15. The fourth-order valence-corrected chi connectivity index (χ4v) is 2.25. The van der Waals surface area contributed by atoms with Crippen molar-refractivity contribution in [1.82, 2.24) is 15.4 Å². The highest BCUT2D eigenvalue weighted by molar-refractivity contribution is 6.01. The van der Waals surface area contributed by atoms with Crippen molar-refractivity contribution in [1.29, 1.82) is 0 Å². The quantitative estimate of drug-likeness (QED) is 0.324. The molecule has 0 atom stereocenters. The number of para-hydroxylation sites is 1. The van der Waals surface area contributed by atoms with Gasteiger partial charge < -0.3 is 10.5 Å². The molecule has 0 radical (unpaired) electrons. The number of anilines is 1. The van der Waals surface area contributed by atoms with Crippen molar-refractivity contribution in [3.8, 4) is 17.0 Å². The number of carbonyl (C=O) groups excluding carboxylic acids is 1. The molecule has 0 saturated heterocycles. The van der Waals surface area contributed by atoms with E-state index in [0.29, 0.717) is 29.3 Å². The zero-order valence-electron chi connectivity index (χ0n) is 13.3. The number of hydrazine groups is 1. The first-order valence-electron chi connectivity index (χ1n) is 7.45. The number of rotatable bonds is 6. The number of aromatic nitrogens is 2. The Hall–Kier alpha value is -2.67. The molecule has 1 amide bonds. The van der Waals surface area contributed by atoms with Gasteiger partial charge in [0.05, 0.1) is 23.6 Å². The fourth-order valence-electron chi connectivity index (χ4n) is 2.25. The third-order valence-electron chi connectivity index (χ3n) is 3.36. The van der Waals surface area contributed by atoms with Crippen molar-refractivity contribution >= 4 is 11.9 Å². The maximum atomic E-state index is 12.1. The summed E-state index contributed by atoms with van der Waals surface area (Å²) >= 11 is 0. The zero-order chi connectivity index (χ0) is 16.8. The zero-order valence-corrected chi connectivity index (χ0v) is 13.3. The summed E-state index contributed by atoms with van der Waals surface area (Å²) in [5.74, 6) is 5.54. The van der Waals surface area contributed by atoms with Crippen LogP contribution in [0, 0.1) is 6.92 Å². The summed E-state index contributed by atoms with van der Waals surface area (Å²) in [5.41, 5.74) is 9.71. The van der Waals surface area contributed by atoms with Gasteiger partial charge in [-0.3, -0.25) is 10.2 Å². The van der Waals surface area contributed by atoms with Crippen LogP contribution in [-0.4, -0.2) is 22.5 Å². The van der Waals surface area contributed by atoms with Gasteiger partial charge in [0.2, 0.25) is 5.95 Å². The Balaban J connectivity index is 2.55. The van der Waals surface area contributed by atoms with Crippen LogP contribution in [0.15, 0.2) is 24.3 Å². The van der Waals surface area contributed by atoms with Gasteiger partial charge >= 0.3 is 0 Å². The second-order valence-corrected chi connectivity index (χ2v) is 5.06. The lowest BCUT2D eigenvalue weighted by atomic mass is 10.0. The molecule has 0 bridgehead atoms. The van der Waals surface area contributed by atoms with E-state index in [0.717, 1.165) is 12.8 Å². The van der Waals surface area contributed by atoms with Gasteiger partial charge in [0.1, 0.15) is 5.75 Å². The predicted molar refractivity (Wildman–Crippen MR) is 88.7 cm³/mol. The molecule has 0 saturated carbocycles. The number of aryl methyl sites for hydroxylation is 1. The number of hydrogen-bond acceptors (Lipinski definition) is 6. The normalized spacial score (nSPS) is 10.4. The SMILES string of the molecule is CCCCOc1ccccc1-c1nc(N)nc(C)c1C(=O)NN. The molecule has 0 fully saturated rings. The van der Waals surface area contributed by atoms with E-state index in [1.165, 1.54) is 0 Å². The molecule has 0 aliphatic rings. The highest BCUT2D eigenvalue weighted by Gasteiger charge is 2.21. The van der Waals surface area contributed by atoms with Gasteiger partial charge in [0, 0.05) is 5.56 Å². The molecule has 0 aliphatic carbocycles. The summed E-state index contributed by atoms with van der Waals surface area (Å²) in [5, 5.41) is 0. The minimum atomic E-state index is -0.471. The number of unbranched alkanes of at least 4 members (excludes halogenated alkanes) is 1. The molecule has 122 valence electrons. The van der Waals surface area contributed by atoms with Gasteiger partial charge in [-0.2, -0.15) is 0 Å². The number of nitrogen functional groups attached to an aromatic ring is 2. The molecule has 0 unspecified atom stereocenters. The minimum absolute atomic E-state index is 0.0921. The molecule has 0 aliphatic heterocycles. The Kier molecular flexibility index (Phi) is 5.48. The van der Waals surface area contributed by atoms with E-state index in [1.54, 1.807) is 6.92 Å².